The Hall–Kier alpha value is -3.02. The van der Waals surface area contributed by atoms with Gasteiger partial charge in [-0.25, -0.2) is 4.79 Å². The van der Waals surface area contributed by atoms with Gasteiger partial charge in [0.05, 0.1) is 18.7 Å². The molecular formula is C28H26ClNO3S. The van der Waals surface area contributed by atoms with Crippen molar-refractivity contribution < 1.29 is 14.3 Å². The van der Waals surface area contributed by atoms with Crippen molar-refractivity contribution in [1.29, 1.82) is 0 Å². The van der Waals surface area contributed by atoms with Gasteiger partial charge in [-0.2, -0.15) is 0 Å². The summed E-state index contributed by atoms with van der Waals surface area (Å²) in [5.41, 5.74) is 2.94. The lowest BCUT2D eigenvalue weighted by Crippen LogP contribution is -2.43. The van der Waals surface area contributed by atoms with E-state index in [1.54, 1.807) is 24.0 Å². The van der Waals surface area contributed by atoms with Crippen LogP contribution in [0.2, 0.25) is 5.02 Å². The summed E-state index contributed by atoms with van der Waals surface area (Å²) in [5, 5.41) is 0.620. The van der Waals surface area contributed by atoms with Crippen LogP contribution in [-0.4, -0.2) is 28.1 Å². The maximum Gasteiger partial charge on any atom is 0.337 e. The van der Waals surface area contributed by atoms with Crippen LogP contribution >= 0.6 is 23.4 Å². The van der Waals surface area contributed by atoms with E-state index in [9.17, 15) is 9.59 Å². The number of rotatable bonds is 8. The van der Waals surface area contributed by atoms with Crippen LogP contribution < -0.4 is 0 Å². The summed E-state index contributed by atoms with van der Waals surface area (Å²) in [7, 11) is 0. The largest absolute Gasteiger partial charge is 0.463 e. The Labute approximate surface area is 209 Å². The molecule has 34 heavy (non-hydrogen) atoms. The first-order chi connectivity index (χ1) is 16.4. The van der Waals surface area contributed by atoms with Crippen LogP contribution in [0.5, 0.6) is 0 Å². The van der Waals surface area contributed by atoms with Crippen molar-refractivity contribution >= 4 is 35.2 Å². The normalized spacial score (nSPS) is 17.9. The summed E-state index contributed by atoms with van der Waals surface area (Å²) in [6.45, 7) is 4.22. The number of hydrogen-bond acceptors (Lipinski definition) is 4. The smallest absolute Gasteiger partial charge is 0.337 e. The first-order valence-corrected chi connectivity index (χ1v) is 12.4. The van der Waals surface area contributed by atoms with Crippen molar-refractivity contribution in [2.45, 2.75) is 36.5 Å². The standard InChI is InChI=1S/C28H26ClNO3S/c1-3-33-26(31)25-20(2)30(19-22-10-6-4-7-11-22)27(32)28(25,34-24-12-8-5-9-13-24)18-21-14-16-23(29)17-15-21/h4-17H,3,18-19H2,1-2H3/t28-/m0/s1. The Morgan fingerprint density at radius 1 is 0.941 bits per heavy atom. The number of thioether (sulfide) groups is 1. The molecule has 1 atom stereocenters. The van der Waals surface area contributed by atoms with E-state index in [2.05, 4.69) is 0 Å². The minimum Gasteiger partial charge on any atom is -0.463 e. The van der Waals surface area contributed by atoms with Crippen LogP contribution in [0.25, 0.3) is 0 Å². The zero-order valence-electron chi connectivity index (χ0n) is 19.2. The third-order valence-electron chi connectivity index (χ3n) is 5.83. The number of carbonyl (C=O) groups is 2. The van der Waals surface area contributed by atoms with Crippen LogP contribution in [0.3, 0.4) is 0 Å². The van der Waals surface area contributed by atoms with Crippen molar-refractivity contribution in [1.82, 2.24) is 4.90 Å². The van der Waals surface area contributed by atoms with Crippen molar-refractivity contribution in [3.63, 3.8) is 0 Å². The molecule has 0 spiro atoms. The van der Waals surface area contributed by atoms with Gasteiger partial charge in [-0.15, -0.1) is 11.8 Å². The highest BCUT2D eigenvalue weighted by atomic mass is 35.5. The highest BCUT2D eigenvalue weighted by molar-refractivity contribution is 8.01. The summed E-state index contributed by atoms with van der Waals surface area (Å²) in [4.78, 5) is 30.2. The highest BCUT2D eigenvalue weighted by Gasteiger charge is 2.55. The molecule has 6 heteroatoms. The zero-order valence-corrected chi connectivity index (χ0v) is 20.7. The number of carbonyl (C=O) groups excluding carboxylic acids is 2. The van der Waals surface area contributed by atoms with Gasteiger partial charge in [0.15, 0.2) is 0 Å². The highest BCUT2D eigenvalue weighted by Crippen LogP contribution is 2.49. The van der Waals surface area contributed by atoms with Crippen molar-refractivity contribution in [2.24, 2.45) is 0 Å². The maximum absolute atomic E-state index is 14.3. The summed E-state index contributed by atoms with van der Waals surface area (Å²) in [6, 6.07) is 26.9. The fraction of sp³-hybridized carbons (Fsp3) is 0.214. The third-order valence-corrected chi connectivity index (χ3v) is 7.46. The number of allylic oxidation sites excluding steroid dienone is 1. The van der Waals surface area contributed by atoms with Gasteiger partial charge in [-0.05, 0) is 49.2 Å². The number of amides is 1. The summed E-state index contributed by atoms with van der Waals surface area (Å²) in [6.07, 6.45) is 0.333. The van der Waals surface area contributed by atoms with E-state index in [4.69, 9.17) is 16.3 Å². The van der Waals surface area contributed by atoms with Gasteiger partial charge in [0.25, 0.3) is 0 Å². The molecule has 3 aromatic carbocycles. The van der Waals surface area contributed by atoms with Crippen LogP contribution in [0.1, 0.15) is 25.0 Å². The van der Waals surface area contributed by atoms with Gasteiger partial charge in [-0.1, -0.05) is 72.3 Å². The van der Waals surface area contributed by atoms with Crippen molar-refractivity contribution in [2.75, 3.05) is 6.61 Å². The Morgan fingerprint density at radius 3 is 2.18 bits per heavy atom. The van der Waals surface area contributed by atoms with Crippen LogP contribution in [0.15, 0.2) is 101 Å². The van der Waals surface area contributed by atoms with Crippen molar-refractivity contribution in [3.8, 4) is 0 Å². The molecule has 0 aromatic heterocycles. The molecule has 0 aliphatic carbocycles. The lowest BCUT2D eigenvalue weighted by atomic mass is 9.91. The quantitative estimate of drug-likeness (QED) is 0.347. The number of halogens is 1. The average molecular weight is 492 g/mol. The minimum absolute atomic E-state index is 0.124. The molecule has 1 aliphatic heterocycles. The van der Waals surface area contributed by atoms with Gasteiger partial charge in [0.1, 0.15) is 4.75 Å². The number of nitrogens with zero attached hydrogens (tertiary/aromatic N) is 1. The van der Waals surface area contributed by atoms with Gasteiger partial charge >= 0.3 is 5.97 Å². The second-order valence-corrected chi connectivity index (χ2v) is 9.91. The average Bonchev–Trinajstić information content (AvgIpc) is 3.03. The van der Waals surface area contributed by atoms with E-state index in [0.29, 0.717) is 29.3 Å². The van der Waals surface area contributed by atoms with Gasteiger partial charge in [-0.3, -0.25) is 4.79 Å². The minimum atomic E-state index is -1.17. The topological polar surface area (TPSA) is 46.6 Å². The fourth-order valence-corrected chi connectivity index (χ4v) is 5.84. The molecule has 0 saturated carbocycles. The Kier molecular flexibility index (Phi) is 7.44. The number of ether oxygens (including phenoxy) is 1. The predicted octanol–water partition coefficient (Wildman–Crippen LogP) is 6.29. The molecule has 1 heterocycles. The maximum atomic E-state index is 14.3. The summed E-state index contributed by atoms with van der Waals surface area (Å²) >= 11 is 7.52. The van der Waals surface area contributed by atoms with E-state index in [1.807, 2.05) is 79.7 Å². The predicted molar refractivity (Wildman–Crippen MR) is 137 cm³/mol. The summed E-state index contributed by atoms with van der Waals surface area (Å²) < 4.78 is 4.32. The Balaban J connectivity index is 1.85. The van der Waals surface area contributed by atoms with Crippen LogP contribution in [-0.2, 0) is 27.3 Å². The molecule has 0 fully saturated rings. The Morgan fingerprint density at radius 2 is 1.56 bits per heavy atom. The number of hydrogen-bond donors (Lipinski definition) is 0. The lowest BCUT2D eigenvalue weighted by molar-refractivity contribution is -0.140. The molecular weight excluding hydrogens is 466 g/mol. The first-order valence-electron chi connectivity index (χ1n) is 11.2. The molecule has 0 N–H and O–H groups in total. The molecule has 4 rings (SSSR count). The van der Waals surface area contributed by atoms with Gasteiger partial charge < -0.3 is 9.64 Å². The van der Waals surface area contributed by atoms with E-state index in [1.165, 1.54) is 11.8 Å². The molecule has 0 bridgehead atoms. The number of benzene rings is 3. The van der Waals surface area contributed by atoms with Crippen molar-refractivity contribution in [3.05, 3.63) is 112 Å². The number of esters is 1. The SMILES string of the molecule is CCOC(=O)C1=C(C)N(Cc2ccccc2)C(=O)[C@@]1(Cc1ccc(Cl)cc1)Sc1ccccc1. The molecule has 0 saturated heterocycles. The molecule has 1 aliphatic rings. The van der Waals surface area contributed by atoms with E-state index >= 15 is 0 Å². The second kappa shape index (κ2) is 10.5. The van der Waals surface area contributed by atoms with Gasteiger partial charge in [0, 0.05) is 22.0 Å². The van der Waals surface area contributed by atoms with E-state index in [0.717, 1.165) is 16.0 Å². The monoisotopic (exact) mass is 491 g/mol. The molecule has 0 radical (unpaired) electrons. The molecule has 4 nitrogen and oxygen atoms in total. The third kappa shape index (κ3) is 4.91. The fourth-order valence-electron chi connectivity index (χ4n) is 4.25. The van der Waals surface area contributed by atoms with Crippen LogP contribution in [0.4, 0.5) is 0 Å². The van der Waals surface area contributed by atoms with Gasteiger partial charge in [0.2, 0.25) is 5.91 Å². The molecule has 0 unspecified atom stereocenters. The molecule has 174 valence electrons. The second-order valence-electron chi connectivity index (χ2n) is 8.10. The lowest BCUT2D eigenvalue weighted by Gasteiger charge is -2.30. The Bertz CT molecular complexity index is 1200. The molecule has 3 aromatic rings. The van der Waals surface area contributed by atoms with E-state index < -0.39 is 10.7 Å². The first kappa shape index (κ1) is 24.1. The zero-order chi connectivity index (χ0) is 24.1. The van der Waals surface area contributed by atoms with E-state index in [-0.39, 0.29) is 12.5 Å². The van der Waals surface area contributed by atoms with Crippen LogP contribution in [0, 0.1) is 0 Å². The molecule has 1 amide bonds. The summed E-state index contributed by atoms with van der Waals surface area (Å²) in [5.74, 6) is -0.581.